The third-order valence-electron chi connectivity index (χ3n) is 5.74. The molecular weight excluding hydrogens is 421 g/mol. The average molecular weight is 443 g/mol. The molecule has 1 saturated heterocycles. The van der Waals surface area contributed by atoms with Crippen LogP contribution in [-0.4, -0.2) is 22.6 Å². The second kappa shape index (κ2) is 8.86. The summed E-state index contributed by atoms with van der Waals surface area (Å²) in [7, 11) is 0. The molecule has 166 valence electrons. The SMILES string of the molecule is Cc1ccc(N2CC(c3nc(-c4ccc(OCc5ccccc5)cc4)no3)CC2=O)cc1F. The molecule has 1 amide bonds. The zero-order valence-corrected chi connectivity index (χ0v) is 18.1. The quantitative estimate of drug-likeness (QED) is 0.405. The van der Waals surface area contributed by atoms with Gasteiger partial charge in [0.1, 0.15) is 18.2 Å². The van der Waals surface area contributed by atoms with Crippen molar-refractivity contribution >= 4 is 11.6 Å². The molecule has 0 N–H and O–H groups in total. The Morgan fingerprint density at radius 1 is 1.09 bits per heavy atom. The highest BCUT2D eigenvalue weighted by molar-refractivity contribution is 5.96. The van der Waals surface area contributed by atoms with E-state index in [9.17, 15) is 9.18 Å². The first-order chi connectivity index (χ1) is 16.1. The Morgan fingerprint density at radius 2 is 1.88 bits per heavy atom. The van der Waals surface area contributed by atoms with E-state index in [0.29, 0.717) is 36.1 Å². The third kappa shape index (κ3) is 4.48. The number of hydrogen-bond acceptors (Lipinski definition) is 5. The number of aryl methyl sites for hydroxylation is 1. The summed E-state index contributed by atoms with van der Waals surface area (Å²) in [6.45, 7) is 2.55. The molecule has 1 aliphatic heterocycles. The first-order valence-corrected chi connectivity index (χ1v) is 10.7. The Kier molecular flexibility index (Phi) is 5.60. The van der Waals surface area contributed by atoms with Crippen LogP contribution in [0.5, 0.6) is 5.75 Å². The Hall–Kier alpha value is -4.00. The van der Waals surface area contributed by atoms with E-state index >= 15 is 0 Å². The van der Waals surface area contributed by atoms with E-state index in [2.05, 4.69) is 10.1 Å². The lowest BCUT2D eigenvalue weighted by Gasteiger charge is -2.16. The fourth-order valence-corrected chi connectivity index (χ4v) is 3.83. The van der Waals surface area contributed by atoms with Gasteiger partial charge in [-0.15, -0.1) is 0 Å². The molecular formula is C26H22FN3O3. The molecule has 1 aliphatic rings. The average Bonchev–Trinajstić information content (AvgIpc) is 3.48. The van der Waals surface area contributed by atoms with E-state index in [4.69, 9.17) is 9.26 Å². The Labute approximate surface area is 190 Å². The van der Waals surface area contributed by atoms with Crippen LogP contribution < -0.4 is 9.64 Å². The number of hydrogen-bond donors (Lipinski definition) is 0. The maximum Gasteiger partial charge on any atom is 0.232 e. The summed E-state index contributed by atoms with van der Waals surface area (Å²) in [6, 6.07) is 22.2. The van der Waals surface area contributed by atoms with Crippen molar-refractivity contribution in [2.45, 2.75) is 25.9 Å². The fraction of sp³-hybridized carbons (Fsp3) is 0.192. The monoisotopic (exact) mass is 443 g/mol. The minimum absolute atomic E-state index is 0.0945. The minimum atomic E-state index is -0.333. The number of benzene rings is 3. The first-order valence-electron chi connectivity index (χ1n) is 10.7. The van der Waals surface area contributed by atoms with Gasteiger partial charge < -0.3 is 14.2 Å². The van der Waals surface area contributed by atoms with Crippen LogP contribution in [0.15, 0.2) is 77.3 Å². The van der Waals surface area contributed by atoms with Gasteiger partial charge in [0.25, 0.3) is 0 Å². The van der Waals surface area contributed by atoms with Gasteiger partial charge in [0, 0.05) is 24.2 Å². The van der Waals surface area contributed by atoms with E-state index < -0.39 is 0 Å². The summed E-state index contributed by atoms with van der Waals surface area (Å²) in [5, 5.41) is 4.09. The smallest absolute Gasteiger partial charge is 0.232 e. The van der Waals surface area contributed by atoms with Crippen LogP contribution >= 0.6 is 0 Å². The van der Waals surface area contributed by atoms with Crippen molar-refractivity contribution in [3.05, 3.63) is 95.6 Å². The number of ether oxygens (including phenoxy) is 1. The van der Waals surface area contributed by atoms with Crippen LogP contribution in [0, 0.1) is 12.7 Å². The molecule has 1 fully saturated rings. The lowest BCUT2D eigenvalue weighted by atomic mass is 10.1. The van der Waals surface area contributed by atoms with Gasteiger partial charge in [0.2, 0.25) is 17.6 Å². The van der Waals surface area contributed by atoms with Crippen molar-refractivity contribution in [3.63, 3.8) is 0 Å². The molecule has 1 atom stereocenters. The molecule has 1 aromatic heterocycles. The molecule has 4 aromatic rings. The molecule has 0 bridgehead atoms. The molecule has 0 radical (unpaired) electrons. The molecule has 2 heterocycles. The largest absolute Gasteiger partial charge is 0.489 e. The predicted octanol–water partition coefficient (Wildman–Crippen LogP) is 5.28. The van der Waals surface area contributed by atoms with Crippen LogP contribution in [0.2, 0.25) is 0 Å². The molecule has 0 aliphatic carbocycles. The van der Waals surface area contributed by atoms with E-state index in [1.807, 2.05) is 54.6 Å². The van der Waals surface area contributed by atoms with Gasteiger partial charge >= 0.3 is 0 Å². The highest BCUT2D eigenvalue weighted by Crippen LogP contribution is 2.32. The number of aromatic nitrogens is 2. The standard InChI is InChI=1S/C26H22FN3O3/c1-17-7-10-21(14-23(17)27)30-15-20(13-24(30)31)26-28-25(29-33-26)19-8-11-22(12-9-19)32-16-18-5-3-2-4-6-18/h2-12,14,20H,13,15-16H2,1H3. The minimum Gasteiger partial charge on any atom is -0.489 e. The summed E-state index contributed by atoms with van der Waals surface area (Å²) >= 11 is 0. The highest BCUT2D eigenvalue weighted by Gasteiger charge is 2.35. The summed E-state index contributed by atoms with van der Waals surface area (Å²) in [6.07, 6.45) is 0.239. The molecule has 0 spiro atoms. The van der Waals surface area contributed by atoms with Crippen LogP contribution in [0.4, 0.5) is 10.1 Å². The zero-order valence-electron chi connectivity index (χ0n) is 18.1. The summed E-state index contributed by atoms with van der Waals surface area (Å²) in [5.74, 6) is 0.929. The summed E-state index contributed by atoms with van der Waals surface area (Å²) in [4.78, 5) is 18.6. The Balaban J connectivity index is 1.25. The van der Waals surface area contributed by atoms with Crippen molar-refractivity contribution in [1.29, 1.82) is 0 Å². The number of rotatable bonds is 6. The molecule has 1 unspecified atom stereocenters. The second-order valence-electron chi connectivity index (χ2n) is 8.09. The van der Waals surface area contributed by atoms with Crippen molar-refractivity contribution in [3.8, 4) is 17.1 Å². The topological polar surface area (TPSA) is 68.5 Å². The number of anilines is 1. The van der Waals surface area contributed by atoms with Crippen molar-refractivity contribution in [1.82, 2.24) is 10.1 Å². The van der Waals surface area contributed by atoms with Crippen LogP contribution in [0.1, 0.15) is 29.4 Å². The van der Waals surface area contributed by atoms with Gasteiger partial charge in [-0.25, -0.2) is 4.39 Å². The number of carbonyl (C=O) groups excluding carboxylic acids is 1. The Morgan fingerprint density at radius 3 is 2.64 bits per heavy atom. The molecule has 7 heteroatoms. The van der Waals surface area contributed by atoms with E-state index in [1.165, 1.54) is 6.07 Å². The predicted molar refractivity (Wildman–Crippen MR) is 121 cm³/mol. The van der Waals surface area contributed by atoms with Gasteiger partial charge in [-0.05, 0) is 54.4 Å². The van der Waals surface area contributed by atoms with Gasteiger partial charge in [-0.2, -0.15) is 4.98 Å². The zero-order chi connectivity index (χ0) is 22.8. The van der Waals surface area contributed by atoms with Crippen LogP contribution in [0.3, 0.4) is 0 Å². The first kappa shape index (κ1) is 20.9. The van der Waals surface area contributed by atoms with Gasteiger partial charge in [0.15, 0.2) is 0 Å². The Bertz CT molecular complexity index is 1270. The van der Waals surface area contributed by atoms with Crippen LogP contribution in [0.25, 0.3) is 11.4 Å². The number of nitrogens with zero attached hydrogens (tertiary/aromatic N) is 3. The molecule has 3 aromatic carbocycles. The third-order valence-corrected chi connectivity index (χ3v) is 5.74. The maximum atomic E-state index is 13.9. The van der Waals surface area contributed by atoms with Crippen molar-refractivity contribution < 1.29 is 18.4 Å². The lowest BCUT2D eigenvalue weighted by Crippen LogP contribution is -2.24. The molecule has 6 nitrogen and oxygen atoms in total. The van der Waals surface area contributed by atoms with Gasteiger partial charge in [0.05, 0.1) is 5.92 Å². The normalized spacial score (nSPS) is 15.8. The molecule has 5 rings (SSSR count). The fourth-order valence-electron chi connectivity index (χ4n) is 3.83. The van der Waals surface area contributed by atoms with Crippen molar-refractivity contribution in [2.75, 3.05) is 11.4 Å². The number of halogens is 1. The summed E-state index contributed by atoms with van der Waals surface area (Å²) in [5.41, 5.74) is 2.97. The maximum absolute atomic E-state index is 13.9. The molecule has 0 saturated carbocycles. The molecule has 33 heavy (non-hydrogen) atoms. The second-order valence-corrected chi connectivity index (χ2v) is 8.09. The van der Waals surface area contributed by atoms with E-state index in [-0.39, 0.29) is 24.1 Å². The number of carbonyl (C=O) groups is 1. The van der Waals surface area contributed by atoms with Crippen LogP contribution in [-0.2, 0) is 11.4 Å². The van der Waals surface area contributed by atoms with E-state index in [1.54, 1.807) is 24.0 Å². The van der Waals surface area contributed by atoms with E-state index in [0.717, 1.165) is 16.9 Å². The lowest BCUT2D eigenvalue weighted by molar-refractivity contribution is -0.117. The highest BCUT2D eigenvalue weighted by atomic mass is 19.1. The van der Waals surface area contributed by atoms with Crippen molar-refractivity contribution in [2.24, 2.45) is 0 Å². The number of amides is 1. The van der Waals surface area contributed by atoms with Gasteiger partial charge in [-0.3, -0.25) is 4.79 Å². The van der Waals surface area contributed by atoms with Gasteiger partial charge in [-0.1, -0.05) is 41.6 Å². The summed E-state index contributed by atoms with van der Waals surface area (Å²) < 4.78 is 25.2.